The van der Waals surface area contributed by atoms with E-state index in [0.717, 1.165) is 0 Å². The Kier molecular flexibility index (Phi) is 4.72. The SMILES string of the molecule is O=S(=O)(c1cc(Br)cc(Cl)c1O)n1c(-c2cncs2)cc2cc(Cl)ccc21. The predicted octanol–water partition coefficient (Wildman–Crippen LogP) is 5.78. The average Bonchev–Trinajstić information content (AvgIpc) is 3.24. The van der Waals surface area contributed by atoms with Gasteiger partial charge in [-0.05, 0) is 36.4 Å². The predicted molar refractivity (Wildman–Crippen MR) is 111 cm³/mol. The lowest BCUT2D eigenvalue weighted by molar-refractivity contribution is 0.458. The molecular weight excluding hydrogens is 495 g/mol. The Labute approximate surface area is 177 Å². The van der Waals surface area contributed by atoms with Gasteiger partial charge in [-0.25, -0.2) is 12.4 Å². The van der Waals surface area contributed by atoms with Gasteiger partial charge in [0.05, 0.1) is 26.6 Å². The summed E-state index contributed by atoms with van der Waals surface area (Å²) in [5, 5.41) is 11.4. The van der Waals surface area contributed by atoms with Crippen molar-refractivity contribution in [1.82, 2.24) is 8.96 Å². The summed E-state index contributed by atoms with van der Waals surface area (Å²) >= 11 is 16.6. The Hall–Kier alpha value is -1.58. The number of phenols is 1. The molecule has 4 rings (SSSR count). The number of rotatable bonds is 3. The topological polar surface area (TPSA) is 72.2 Å². The molecule has 0 aliphatic rings. The third-order valence-electron chi connectivity index (χ3n) is 3.92. The van der Waals surface area contributed by atoms with Gasteiger partial charge in [0, 0.05) is 21.1 Å². The van der Waals surface area contributed by atoms with Crippen molar-refractivity contribution in [2.24, 2.45) is 0 Å². The van der Waals surface area contributed by atoms with E-state index in [9.17, 15) is 13.5 Å². The number of hydrogen-bond acceptors (Lipinski definition) is 5. The number of benzene rings is 2. The molecule has 0 aliphatic carbocycles. The summed E-state index contributed by atoms with van der Waals surface area (Å²) in [6.45, 7) is 0. The zero-order valence-corrected chi connectivity index (χ0v) is 18.0. The first-order valence-electron chi connectivity index (χ1n) is 7.42. The molecule has 0 fully saturated rings. The second-order valence-electron chi connectivity index (χ2n) is 5.60. The summed E-state index contributed by atoms with van der Waals surface area (Å²) < 4.78 is 28.6. The van der Waals surface area contributed by atoms with Crippen LogP contribution in [0.5, 0.6) is 5.75 Å². The summed E-state index contributed by atoms with van der Waals surface area (Å²) in [4.78, 5) is 4.39. The summed E-state index contributed by atoms with van der Waals surface area (Å²) in [5.41, 5.74) is 2.47. The Morgan fingerprint density at radius 3 is 2.63 bits per heavy atom. The molecule has 0 atom stereocenters. The summed E-state index contributed by atoms with van der Waals surface area (Å²) in [6, 6.07) is 9.38. The van der Waals surface area contributed by atoms with E-state index in [-0.39, 0.29) is 9.92 Å². The number of aromatic nitrogens is 2. The van der Waals surface area contributed by atoms with Crippen molar-refractivity contribution in [1.29, 1.82) is 0 Å². The molecule has 2 aromatic carbocycles. The molecule has 0 unspecified atom stereocenters. The van der Waals surface area contributed by atoms with Crippen molar-refractivity contribution < 1.29 is 13.5 Å². The number of aromatic hydroxyl groups is 1. The number of thiazole rings is 1. The van der Waals surface area contributed by atoms with Gasteiger partial charge in [-0.2, -0.15) is 0 Å². The van der Waals surface area contributed by atoms with Gasteiger partial charge in [0.25, 0.3) is 10.0 Å². The van der Waals surface area contributed by atoms with Crippen LogP contribution in [0.3, 0.4) is 0 Å². The maximum Gasteiger partial charge on any atom is 0.272 e. The van der Waals surface area contributed by atoms with E-state index in [4.69, 9.17) is 23.2 Å². The third-order valence-corrected chi connectivity index (χ3v) is 7.43. The van der Waals surface area contributed by atoms with Gasteiger partial charge in [-0.15, -0.1) is 11.3 Å². The van der Waals surface area contributed by atoms with Crippen LogP contribution in [0.15, 0.2) is 57.5 Å². The van der Waals surface area contributed by atoms with E-state index in [1.54, 1.807) is 36.0 Å². The van der Waals surface area contributed by atoms with Crippen molar-refractivity contribution in [3.8, 4) is 16.3 Å². The molecule has 0 spiro atoms. The first-order chi connectivity index (χ1) is 12.8. The van der Waals surface area contributed by atoms with E-state index in [1.165, 1.54) is 27.4 Å². The number of halogens is 3. The quantitative estimate of drug-likeness (QED) is 0.384. The zero-order chi connectivity index (χ0) is 19.3. The van der Waals surface area contributed by atoms with Crippen molar-refractivity contribution in [2.75, 3.05) is 0 Å². The molecule has 1 N–H and O–H groups in total. The number of phenolic OH excluding ortho intramolecular Hbond substituents is 1. The molecule has 27 heavy (non-hydrogen) atoms. The van der Waals surface area contributed by atoms with E-state index in [2.05, 4.69) is 20.9 Å². The van der Waals surface area contributed by atoms with Crippen LogP contribution in [0.2, 0.25) is 10.0 Å². The molecule has 4 aromatic rings. The van der Waals surface area contributed by atoms with E-state index >= 15 is 0 Å². The minimum Gasteiger partial charge on any atom is -0.505 e. The summed E-state index contributed by atoms with van der Waals surface area (Å²) in [7, 11) is -4.18. The number of nitrogens with zero attached hydrogens (tertiary/aromatic N) is 2. The molecule has 2 heterocycles. The molecule has 138 valence electrons. The molecule has 5 nitrogen and oxygen atoms in total. The molecule has 10 heteroatoms. The molecule has 0 bridgehead atoms. The lowest BCUT2D eigenvalue weighted by Crippen LogP contribution is -2.14. The van der Waals surface area contributed by atoms with Crippen molar-refractivity contribution >= 4 is 71.4 Å². The van der Waals surface area contributed by atoms with Crippen LogP contribution in [0.4, 0.5) is 0 Å². The van der Waals surface area contributed by atoms with E-state index in [1.807, 2.05) is 0 Å². The van der Waals surface area contributed by atoms with Crippen LogP contribution in [0.25, 0.3) is 21.5 Å². The normalized spacial score (nSPS) is 12.0. The van der Waals surface area contributed by atoms with Gasteiger partial charge >= 0.3 is 0 Å². The fourth-order valence-corrected chi connectivity index (χ4v) is 6.32. The highest BCUT2D eigenvalue weighted by Gasteiger charge is 2.28. The standard InChI is InChI=1S/C17H9BrCl2N2O3S2/c18-10-5-12(20)17(23)16(6-10)27(24,25)22-13-2-1-11(19)3-9(13)4-14(22)15-7-21-8-26-15/h1-8,23H. The summed E-state index contributed by atoms with van der Waals surface area (Å²) in [5.74, 6) is -0.508. The van der Waals surface area contributed by atoms with Crippen molar-refractivity contribution in [3.05, 3.63) is 62.6 Å². The molecule has 0 saturated carbocycles. The highest BCUT2D eigenvalue weighted by Crippen LogP contribution is 2.39. The lowest BCUT2D eigenvalue weighted by atomic mass is 10.2. The maximum atomic E-state index is 13.5. The van der Waals surface area contributed by atoms with Crippen LogP contribution in [0.1, 0.15) is 0 Å². The Bertz CT molecular complexity index is 1290. The van der Waals surface area contributed by atoms with Crippen LogP contribution in [0, 0.1) is 0 Å². The maximum absolute atomic E-state index is 13.5. The third kappa shape index (κ3) is 3.15. The largest absolute Gasteiger partial charge is 0.505 e. The summed E-state index contributed by atoms with van der Waals surface area (Å²) in [6.07, 6.45) is 1.58. The molecule has 0 aliphatic heterocycles. The zero-order valence-electron chi connectivity index (χ0n) is 13.2. The first-order valence-corrected chi connectivity index (χ1v) is 11.3. The second kappa shape index (κ2) is 6.79. The van der Waals surface area contributed by atoms with E-state index in [0.29, 0.717) is 31.0 Å². The van der Waals surface area contributed by atoms with Crippen LogP contribution < -0.4 is 0 Å². The van der Waals surface area contributed by atoms with Gasteiger partial charge in [0.2, 0.25) is 0 Å². The molecule has 2 aromatic heterocycles. The smallest absolute Gasteiger partial charge is 0.272 e. The van der Waals surface area contributed by atoms with Gasteiger partial charge < -0.3 is 5.11 Å². The minimum atomic E-state index is -4.18. The van der Waals surface area contributed by atoms with Crippen LogP contribution in [-0.2, 0) is 10.0 Å². The number of fused-ring (bicyclic) bond motifs is 1. The highest BCUT2D eigenvalue weighted by atomic mass is 79.9. The van der Waals surface area contributed by atoms with Crippen LogP contribution in [-0.4, -0.2) is 22.5 Å². The minimum absolute atomic E-state index is 0.0678. The second-order valence-corrected chi connectivity index (χ2v) is 10.0. The monoisotopic (exact) mass is 502 g/mol. The van der Waals surface area contributed by atoms with Gasteiger partial charge in [-0.3, -0.25) is 4.98 Å². The Morgan fingerprint density at radius 2 is 1.93 bits per heavy atom. The van der Waals surface area contributed by atoms with Gasteiger partial charge in [0.1, 0.15) is 4.90 Å². The number of hydrogen-bond donors (Lipinski definition) is 1. The molecule has 0 saturated heterocycles. The molecule has 0 amide bonds. The van der Waals surface area contributed by atoms with Gasteiger partial charge in [0.15, 0.2) is 5.75 Å². The Balaban J connectivity index is 2.10. The highest BCUT2D eigenvalue weighted by molar-refractivity contribution is 9.10. The first kappa shape index (κ1) is 18.8. The molecular formula is C17H9BrCl2N2O3S2. The van der Waals surface area contributed by atoms with Crippen LogP contribution >= 0.6 is 50.5 Å². The fraction of sp³-hybridized carbons (Fsp3) is 0. The average molecular weight is 504 g/mol. The molecule has 0 radical (unpaired) electrons. The Morgan fingerprint density at radius 1 is 1.15 bits per heavy atom. The fourth-order valence-electron chi connectivity index (χ4n) is 2.77. The van der Waals surface area contributed by atoms with Crippen molar-refractivity contribution in [3.63, 3.8) is 0 Å². The van der Waals surface area contributed by atoms with Gasteiger partial charge in [-0.1, -0.05) is 39.1 Å². The lowest BCUT2D eigenvalue weighted by Gasteiger charge is -2.13. The van der Waals surface area contributed by atoms with E-state index < -0.39 is 15.8 Å². The van der Waals surface area contributed by atoms with Crippen molar-refractivity contribution in [2.45, 2.75) is 4.90 Å².